The Hall–Kier alpha value is -2.71. The number of nitrogens with zero attached hydrogens (tertiary/aromatic N) is 3. The van der Waals surface area contributed by atoms with Gasteiger partial charge in [-0.25, -0.2) is 9.36 Å². The van der Waals surface area contributed by atoms with Gasteiger partial charge in [0.05, 0.1) is 18.2 Å². The van der Waals surface area contributed by atoms with Crippen molar-refractivity contribution in [2.45, 2.75) is 19.5 Å². The Balaban J connectivity index is 2.09. The van der Waals surface area contributed by atoms with Gasteiger partial charge in [0.15, 0.2) is 0 Å². The number of thiophene rings is 1. The van der Waals surface area contributed by atoms with E-state index in [2.05, 4.69) is 4.90 Å². The Morgan fingerprint density at radius 1 is 1.22 bits per heavy atom. The highest BCUT2D eigenvalue weighted by atomic mass is 32.1. The molecule has 1 aliphatic heterocycles. The van der Waals surface area contributed by atoms with Crippen LogP contribution in [0.4, 0.5) is 0 Å². The van der Waals surface area contributed by atoms with Crippen LogP contribution in [0.2, 0.25) is 0 Å². The second kappa shape index (κ2) is 6.79. The summed E-state index contributed by atoms with van der Waals surface area (Å²) in [5, 5.41) is 0.537. The molecule has 1 aromatic carbocycles. The largest absolute Gasteiger partial charge is 0.468 e. The van der Waals surface area contributed by atoms with Gasteiger partial charge in [-0.2, -0.15) is 0 Å². The Morgan fingerprint density at radius 2 is 1.96 bits per heavy atom. The standard InChI is InChI=1S/C19H19N3O4S/c1-20-9-8-13-14(10-20)27-18-16(13)17(24)22(12-6-4-3-5-7-12)19(25)21(18)11-15(23)26-2/h3-7H,8-11H2,1-2H3. The SMILES string of the molecule is COC(=O)Cn1c(=O)n(-c2ccccc2)c(=O)c2c3c(sc21)CN(C)CC3. The number of hydrogen-bond acceptors (Lipinski definition) is 6. The minimum absolute atomic E-state index is 0.228. The van der Waals surface area contributed by atoms with Crippen LogP contribution in [0.5, 0.6) is 0 Å². The van der Waals surface area contributed by atoms with Crippen LogP contribution in [0.25, 0.3) is 15.9 Å². The number of carbonyl (C=O) groups is 1. The van der Waals surface area contributed by atoms with E-state index >= 15 is 0 Å². The molecule has 0 fully saturated rings. The first-order valence-corrected chi connectivity index (χ1v) is 9.43. The summed E-state index contributed by atoms with van der Waals surface area (Å²) in [6.45, 7) is 1.35. The normalized spacial score (nSPS) is 14.3. The molecule has 0 radical (unpaired) electrons. The van der Waals surface area contributed by atoms with Gasteiger partial charge in [0.25, 0.3) is 5.56 Å². The zero-order valence-electron chi connectivity index (χ0n) is 15.1. The van der Waals surface area contributed by atoms with Crippen molar-refractivity contribution in [2.24, 2.45) is 0 Å². The van der Waals surface area contributed by atoms with E-state index in [1.54, 1.807) is 24.3 Å². The first kappa shape index (κ1) is 17.7. The topological polar surface area (TPSA) is 73.5 Å². The van der Waals surface area contributed by atoms with E-state index in [9.17, 15) is 14.4 Å². The van der Waals surface area contributed by atoms with E-state index < -0.39 is 11.7 Å². The lowest BCUT2D eigenvalue weighted by atomic mass is 10.1. The molecule has 3 aromatic rings. The van der Waals surface area contributed by atoms with Crippen LogP contribution in [0.1, 0.15) is 10.4 Å². The second-order valence-electron chi connectivity index (χ2n) is 6.59. The Bertz CT molecular complexity index is 1140. The van der Waals surface area contributed by atoms with Crippen LogP contribution in [0.15, 0.2) is 39.9 Å². The van der Waals surface area contributed by atoms with Crippen LogP contribution in [-0.2, 0) is 29.0 Å². The number of esters is 1. The maximum atomic E-state index is 13.3. The summed E-state index contributed by atoms with van der Waals surface area (Å²) in [6.07, 6.45) is 0.742. The molecule has 0 aliphatic carbocycles. The maximum absolute atomic E-state index is 13.3. The molecule has 4 rings (SSSR count). The van der Waals surface area contributed by atoms with Crippen molar-refractivity contribution in [1.82, 2.24) is 14.0 Å². The number of hydrogen-bond donors (Lipinski definition) is 0. The Kier molecular flexibility index (Phi) is 4.45. The number of ether oxygens (including phenoxy) is 1. The summed E-state index contributed by atoms with van der Waals surface area (Å²) in [6, 6.07) is 8.79. The van der Waals surface area contributed by atoms with E-state index in [-0.39, 0.29) is 12.1 Å². The van der Waals surface area contributed by atoms with Crippen molar-refractivity contribution in [3.8, 4) is 5.69 Å². The molecule has 3 heterocycles. The molecule has 0 atom stereocenters. The molecule has 1 aliphatic rings. The molecule has 0 N–H and O–H groups in total. The predicted molar refractivity (Wildman–Crippen MR) is 104 cm³/mol. The van der Waals surface area contributed by atoms with Crippen molar-refractivity contribution < 1.29 is 9.53 Å². The molecule has 0 unspecified atom stereocenters. The van der Waals surface area contributed by atoms with Crippen molar-refractivity contribution in [1.29, 1.82) is 0 Å². The summed E-state index contributed by atoms with van der Waals surface area (Å²) < 4.78 is 7.27. The van der Waals surface area contributed by atoms with Gasteiger partial charge in [0.1, 0.15) is 11.4 Å². The van der Waals surface area contributed by atoms with Crippen molar-refractivity contribution >= 4 is 27.5 Å². The van der Waals surface area contributed by atoms with Gasteiger partial charge < -0.3 is 9.64 Å². The first-order chi connectivity index (χ1) is 13.0. The molecular weight excluding hydrogens is 366 g/mol. The van der Waals surface area contributed by atoms with Gasteiger partial charge in [-0.1, -0.05) is 18.2 Å². The second-order valence-corrected chi connectivity index (χ2v) is 7.68. The minimum Gasteiger partial charge on any atom is -0.468 e. The number of methoxy groups -OCH3 is 1. The smallest absolute Gasteiger partial charge is 0.337 e. The third-order valence-corrected chi connectivity index (χ3v) is 6.08. The first-order valence-electron chi connectivity index (χ1n) is 8.62. The van der Waals surface area contributed by atoms with E-state index in [0.29, 0.717) is 15.9 Å². The van der Waals surface area contributed by atoms with Gasteiger partial charge in [-0.15, -0.1) is 11.3 Å². The molecule has 0 bridgehead atoms. The van der Waals surface area contributed by atoms with Gasteiger partial charge in [0.2, 0.25) is 0 Å². The lowest BCUT2D eigenvalue weighted by Crippen LogP contribution is -2.40. The lowest BCUT2D eigenvalue weighted by molar-refractivity contribution is -0.141. The predicted octanol–water partition coefficient (Wildman–Crippen LogP) is 1.37. The third-order valence-electron chi connectivity index (χ3n) is 4.84. The fourth-order valence-electron chi connectivity index (χ4n) is 3.47. The molecular formula is C19H19N3O4S. The number of rotatable bonds is 3. The molecule has 27 heavy (non-hydrogen) atoms. The van der Waals surface area contributed by atoms with Crippen molar-refractivity contribution in [3.05, 3.63) is 61.6 Å². The van der Waals surface area contributed by atoms with Gasteiger partial charge >= 0.3 is 11.7 Å². The molecule has 0 spiro atoms. The van der Waals surface area contributed by atoms with E-state index in [4.69, 9.17) is 4.74 Å². The average Bonchev–Trinajstić information content (AvgIpc) is 3.04. The van der Waals surface area contributed by atoms with Crippen LogP contribution in [0, 0.1) is 0 Å². The van der Waals surface area contributed by atoms with Crippen molar-refractivity contribution in [3.63, 3.8) is 0 Å². The summed E-state index contributed by atoms with van der Waals surface area (Å²) >= 11 is 1.41. The van der Waals surface area contributed by atoms with E-state index in [1.165, 1.54) is 23.0 Å². The Labute approximate surface area is 159 Å². The van der Waals surface area contributed by atoms with Crippen LogP contribution in [0.3, 0.4) is 0 Å². The highest BCUT2D eigenvalue weighted by Crippen LogP contribution is 2.32. The molecule has 0 saturated heterocycles. The quantitative estimate of drug-likeness (QED) is 0.637. The third kappa shape index (κ3) is 2.90. The molecule has 140 valence electrons. The molecule has 2 aromatic heterocycles. The van der Waals surface area contributed by atoms with Crippen molar-refractivity contribution in [2.75, 3.05) is 20.7 Å². The number of para-hydroxylation sites is 1. The van der Waals surface area contributed by atoms with Crippen LogP contribution in [-0.4, -0.2) is 40.7 Å². The Morgan fingerprint density at radius 3 is 2.67 bits per heavy atom. The van der Waals surface area contributed by atoms with Gasteiger partial charge in [0, 0.05) is 18.0 Å². The van der Waals surface area contributed by atoms with Gasteiger partial charge in [-0.05, 0) is 31.2 Å². The number of benzene rings is 1. The fourth-order valence-corrected chi connectivity index (χ4v) is 4.88. The molecule has 8 heteroatoms. The monoisotopic (exact) mass is 385 g/mol. The number of aromatic nitrogens is 2. The van der Waals surface area contributed by atoms with Gasteiger partial charge in [-0.3, -0.25) is 14.2 Å². The van der Waals surface area contributed by atoms with E-state index in [1.807, 2.05) is 13.1 Å². The van der Waals surface area contributed by atoms with E-state index in [0.717, 1.165) is 34.5 Å². The summed E-state index contributed by atoms with van der Waals surface area (Å²) in [7, 11) is 3.31. The highest BCUT2D eigenvalue weighted by Gasteiger charge is 2.26. The zero-order chi connectivity index (χ0) is 19.1. The summed E-state index contributed by atoms with van der Waals surface area (Å²) in [5.74, 6) is -0.528. The zero-order valence-corrected chi connectivity index (χ0v) is 15.9. The number of likely N-dealkylation sites (N-methyl/N-ethyl adjacent to an activating group) is 1. The number of carbonyl (C=O) groups excluding carboxylic acids is 1. The molecule has 0 amide bonds. The van der Waals surface area contributed by atoms with Crippen LogP contribution >= 0.6 is 11.3 Å². The minimum atomic E-state index is -0.531. The molecule has 0 saturated carbocycles. The molecule has 7 nitrogen and oxygen atoms in total. The average molecular weight is 385 g/mol. The fraction of sp³-hybridized carbons (Fsp3) is 0.316. The van der Waals surface area contributed by atoms with Crippen LogP contribution < -0.4 is 11.2 Å². The summed E-state index contributed by atoms with van der Waals surface area (Å²) in [5.41, 5.74) is 0.614. The summed E-state index contributed by atoms with van der Waals surface area (Å²) in [4.78, 5) is 42.2. The highest BCUT2D eigenvalue weighted by molar-refractivity contribution is 7.18. The number of fused-ring (bicyclic) bond motifs is 3. The lowest BCUT2D eigenvalue weighted by Gasteiger charge is -2.21. The maximum Gasteiger partial charge on any atom is 0.337 e.